The smallest absolute Gasteiger partial charge is 0.224 e. The molecule has 1 amide bonds. The average Bonchev–Trinajstić information content (AvgIpc) is 2.54. The third kappa shape index (κ3) is 5.83. The van der Waals surface area contributed by atoms with Gasteiger partial charge in [0, 0.05) is 6.54 Å². The molecule has 0 atom stereocenters. The highest BCUT2D eigenvalue weighted by molar-refractivity contribution is 5.78. The van der Waals surface area contributed by atoms with Crippen LogP contribution >= 0.6 is 0 Å². The summed E-state index contributed by atoms with van der Waals surface area (Å²) in [7, 11) is 0. The van der Waals surface area contributed by atoms with Crippen molar-refractivity contribution in [3.05, 3.63) is 71.0 Å². The van der Waals surface area contributed by atoms with Gasteiger partial charge in [-0.05, 0) is 36.6 Å². The molecule has 0 aliphatic heterocycles. The van der Waals surface area contributed by atoms with Gasteiger partial charge in [-0.3, -0.25) is 4.79 Å². The minimum absolute atomic E-state index is 0.0445. The van der Waals surface area contributed by atoms with Crippen molar-refractivity contribution < 1.29 is 13.9 Å². The van der Waals surface area contributed by atoms with Crippen LogP contribution in [0.4, 0.5) is 4.39 Å². The first kappa shape index (κ1) is 17.2. The van der Waals surface area contributed by atoms with E-state index in [1.807, 2.05) is 38.1 Å². The van der Waals surface area contributed by atoms with Crippen LogP contribution in [0, 0.1) is 5.82 Å². The molecule has 0 aliphatic carbocycles. The SMILES string of the molecule is CC(C)OCc1cccc(CNC(=O)Cc2ccccc2F)c1. The zero-order valence-corrected chi connectivity index (χ0v) is 13.5. The summed E-state index contributed by atoms with van der Waals surface area (Å²) >= 11 is 0. The molecule has 23 heavy (non-hydrogen) atoms. The topological polar surface area (TPSA) is 38.3 Å². The van der Waals surface area contributed by atoms with E-state index in [-0.39, 0.29) is 24.2 Å². The Morgan fingerprint density at radius 3 is 2.61 bits per heavy atom. The predicted molar refractivity (Wildman–Crippen MR) is 88.3 cm³/mol. The molecule has 0 radical (unpaired) electrons. The quantitative estimate of drug-likeness (QED) is 0.847. The lowest BCUT2D eigenvalue weighted by atomic mass is 10.1. The highest BCUT2D eigenvalue weighted by Gasteiger charge is 2.07. The summed E-state index contributed by atoms with van der Waals surface area (Å²) in [5, 5.41) is 2.82. The molecule has 0 aromatic heterocycles. The van der Waals surface area contributed by atoms with Crippen molar-refractivity contribution in [2.75, 3.05) is 0 Å². The number of carbonyl (C=O) groups is 1. The van der Waals surface area contributed by atoms with Crippen LogP contribution in [0.2, 0.25) is 0 Å². The maximum Gasteiger partial charge on any atom is 0.224 e. The van der Waals surface area contributed by atoms with Crippen LogP contribution in [0.15, 0.2) is 48.5 Å². The molecule has 1 N–H and O–H groups in total. The maximum absolute atomic E-state index is 13.5. The highest BCUT2D eigenvalue weighted by atomic mass is 19.1. The first-order valence-corrected chi connectivity index (χ1v) is 7.74. The number of halogens is 1. The first-order chi connectivity index (χ1) is 11.0. The molecule has 0 fully saturated rings. The van der Waals surface area contributed by atoms with Crippen LogP contribution in [-0.2, 0) is 29.1 Å². The zero-order valence-electron chi connectivity index (χ0n) is 13.5. The average molecular weight is 315 g/mol. The van der Waals surface area contributed by atoms with Gasteiger partial charge in [-0.25, -0.2) is 4.39 Å². The van der Waals surface area contributed by atoms with Gasteiger partial charge < -0.3 is 10.1 Å². The molecule has 122 valence electrons. The van der Waals surface area contributed by atoms with Crippen molar-refractivity contribution in [2.24, 2.45) is 0 Å². The Balaban J connectivity index is 1.86. The monoisotopic (exact) mass is 315 g/mol. The van der Waals surface area contributed by atoms with Gasteiger partial charge >= 0.3 is 0 Å². The fourth-order valence-electron chi connectivity index (χ4n) is 2.17. The fourth-order valence-corrected chi connectivity index (χ4v) is 2.17. The van der Waals surface area contributed by atoms with Gasteiger partial charge in [0.1, 0.15) is 5.82 Å². The van der Waals surface area contributed by atoms with Gasteiger partial charge in [-0.1, -0.05) is 42.5 Å². The molecule has 0 bridgehead atoms. The van der Waals surface area contributed by atoms with E-state index in [2.05, 4.69) is 5.32 Å². The molecule has 0 saturated heterocycles. The summed E-state index contributed by atoms with van der Waals surface area (Å²) in [6, 6.07) is 14.2. The van der Waals surface area contributed by atoms with Crippen molar-refractivity contribution in [3.63, 3.8) is 0 Å². The molecule has 0 saturated carbocycles. The molecule has 0 heterocycles. The largest absolute Gasteiger partial charge is 0.374 e. The van der Waals surface area contributed by atoms with Crippen molar-refractivity contribution in [1.82, 2.24) is 5.32 Å². The van der Waals surface area contributed by atoms with Gasteiger partial charge in [-0.2, -0.15) is 0 Å². The Morgan fingerprint density at radius 1 is 1.13 bits per heavy atom. The summed E-state index contributed by atoms with van der Waals surface area (Å²) in [6.07, 6.45) is 0.224. The molecule has 0 unspecified atom stereocenters. The molecule has 2 rings (SSSR count). The lowest BCUT2D eigenvalue weighted by molar-refractivity contribution is -0.120. The third-order valence-corrected chi connectivity index (χ3v) is 3.37. The Hall–Kier alpha value is -2.20. The standard InChI is InChI=1S/C19H22FNO2/c1-14(2)23-13-16-7-5-6-15(10-16)12-21-19(22)11-17-8-3-4-9-18(17)20/h3-10,14H,11-13H2,1-2H3,(H,21,22). The Bertz CT molecular complexity index is 655. The van der Waals surface area contributed by atoms with Crippen LogP contribution in [-0.4, -0.2) is 12.0 Å². The zero-order chi connectivity index (χ0) is 16.7. The normalized spacial score (nSPS) is 10.8. The Morgan fingerprint density at radius 2 is 1.87 bits per heavy atom. The van der Waals surface area contributed by atoms with Gasteiger partial charge in [0.05, 0.1) is 19.1 Å². The molecule has 0 spiro atoms. The number of ether oxygens (including phenoxy) is 1. The van der Waals surface area contributed by atoms with Crippen LogP contribution in [0.1, 0.15) is 30.5 Å². The number of benzene rings is 2. The predicted octanol–water partition coefficient (Wildman–Crippen LogP) is 3.61. The van der Waals surface area contributed by atoms with E-state index in [1.165, 1.54) is 6.07 Å². The minimum atomic E-state index is -0.351. The van der Waals surface area contributed by atoms with Crippen molar-refractivity contribution >= 4 is 5.91 Å². The molecular weight excluding hydrogens is 293 g/mol. The van der Waals surface area contributed by atoms with Crippen LogP contribution in [0.5, 0.6) is 0 Å². The van der Waals surface area contributed by atoms with Gasteiger partial charge in [0.25, 0.3) is 0 Å². The van der Waals surface area contributed by atoms with Crippen LogP contribution in [0.25, 0.3) is 0 Å². The van der Waals surface area contributed by atoms with Crippen molar-refractivity contribution in [3.8, 4) is 0 Å². The van der Waals surface area contributed by atoms with Crippen LogP contribution in [0.3, 0.4) is 0 Å². The van der Waals surface area contributed by atoms with Crippen molar-refractivity contribution in [1.29, 1.82) is 0 Å². The highest BCUT2D eigenvalue weighted by Crippen LogP contribution is 2.09. The number of hydrogen-bond donors (Lipinski definition) is 1. The first-order valence-electron chi connectivity index (χ1n) is 7.74. The second-order valence-corrected chi connectivity index (χ2v) is 5.72. The van der Waals surface area contributed by atoms with E-state index in [4.69, 9.17) is 4.74 Å². The molecule has 4 heteroatoms. The third-order valence-electron chi connectivity index (χ3n) is 3.37. The lowest BCUT2D eigenvalue weighted by Gasteiger charge is -2.10. The van der Waals surface area contributed by atoms with E-state index in [9.17, 15) is 9.18 Å². The number of carbonyl (C=O) groups excluding carboxylic acids is 1. The summed E-state index contributed by atoms with van der Waals surface area (Å²) < 4.78 is 19.1. The Kier molecular flexibility index (Phi) is 6.29. The van der Waals surface area contributed by atoms with E-state index < -0.39 is 0 Å². The summed E-state index contributed by atoms with van der Waals surface area (Å²) in [4.78, 5) is 11.9. The Labute approximate surface area is 136 Å². The second-order valence-electron chi connectivity index (χ2n) is 5.72. The van der Waals surface area contributed by atoms with Gasteiger partial charge in [0.15, 0.2) is 0 Å². The molecule has 3 nitrogen and oxygen atoms in total. The molecule has 0 aliphatic rings. The van der Waals surface area contributed by atoms with E-state index in [1.54, 1.807) is 18.2 Å². The van der Waals surface area contributed by atoms with Crippen LogP contribution < -0.4 is 5.32 Å². The summed E-state index contributed by atoms with van der Waals surface area (Å²) in [5.41, 5.74) is 2.47. The number of hydrogen-bond acceptors (Lipinski definition) is 2. The summed E-state index contributed by atoms with van der Waals surface area (Å²) in [5.74, 6) is -0.547. The van der Waals surface area contributed by atoms with E-state index in [0.717, 1.165) is 11.1 Å². The fraction of sp³-hybridized carbons (Fsp3) is 0.316. The lowest BCUT2D eigenvalue weighted by Crippen LogP contribution is -2.25. The molecular formula is C19H22FNO2. The molecule has 2 aromatic rings. The van der Waals surface area contributed by atoms with Gasteiger partial charge in [-0.15, -0.1) is 0 Å². The minimum Gasteiger partial charge on any atom is -0.374 e. The van der Waals surface area contributed by atoms with Crippen molar-refractivity contribution in [2.45, 2.75) is 39.5 Å². The van der Waals surface area contributed by atoms with Gasteiger partial charge in [0.2, 0.25) is 5.91 Å². The van der Waals surface area contributed by atoms with E-state index in [0.29, 0.717) is 18.7 Å². The second kappa shape index (κ2) is 8.44. The van der Waals surface area contributed by atoms with E-state index >= 15 is 0 Å². The maximum atomic E-state index is 13.5. The number of amides is 1. The summed E-state index contributed by atoms with van der Waals surface area (Å²) in [6.45, 7) is 4.96. The number of rotatable bonds is 7. The number of nitrogens with one attached hydrogen (secondary N) is 1. The molecule has 2 aromatic carbocycles.